The molecule has 1 saturated carbocycles. The number of aryl methyl sites for hydroxylation is 1. The third-order valence-electron chi connectivity index (χ3n) is 12.6. The molecule has 1 fully saturated rings. The number of aromatic nitrogens is 2. The highest BCUT2D eigenvalue weighted by molar-refractivity contribution is 7.12. The molecule has 0 radical (unpaired) electrons. The highest BCUT2D eigenvalue weighted by Gasteiger charge is 2.45. The molecular weight excluding hydrogens is 829 g/mol. The van der Waals surface area contributed by atoms with Crippen molar-refractivity contribution in [2.24, 2.45) is 0 Å². The van der Waals surface area contributed by atoms with Gasteiger partial charge in [-0.3, -0.25) is 9.36 Å². The summed E-state index contributed by atoms with van der Waals surface area (Å²) in [6.45, 7) is 13.6. The number of benzene rings is 2. The molecule has 61 heavy (non-hydrogen) atoms. The van der Waals surface area contributed by atoms with Crippen LogP contribution in [0, 0.1) is 0 Å². The largest absolute Gasteiger partial charge is 0.506 e. The van der Waals surface area contributed by atoms with Gasteiger partial charge in [-0.1, -0.05) is 45.0 Å². The predicted octanol–water partition coefficient (Wildman–Crippen LogP) is 8.27. The second kappa shape index (κ2) is 18.6. The average Bonchev–Trinajstić information content (AvgIpc) is 4.02. The lowest BCUT2D eigenvalue weighted by Gasteiger charge is -2.39. The molecule has 12 nitrogen and oxygen atoms in total. The molecule has 4 N–H and O–H groups in total. The number of hydrogen-bond acceptors (Lipinski definition) is 12. The highest BCUT2D eigenvalue weighted by atomic mass is 32.1. The van der Waals surface area contributed by atoms with Crippen LogP contribution in [0.3, 0.4) is 0 Å². The number of fused-ring (bicyclic) bond motifs is 2. The van der Waals surface area contributed by atoms with Crippen LogP contribution in [-0.2, 0) is 32.5 Å². The Balaban J connectivity index is 0.906. The summed E-state index contributed by atoms with van der Waals surface area (Å²) >= 11 is 2.68. The number of pyridine rings is 1. The van der Waals surface area contributed by atoms with Crippen LogP contribution in [0.1, 0.15) is 79.9 Å². The lowest BCUT2D eigenvalue weighted by molar-refractivity contribution is -0.169. The summed E-state index contributed by atoms with van der Waals surface area (Å²) in [4.78, 5) is 44.8. The van der Waals surface area contributed by atoms with Crippen molar-refractivity contribution in [1.82, 2.24) is 19.8 Å². The van der Waals surface area contributed by atoms with E-state index in [2.05, 4.69) is 56.1 Å². The summed E-state index contributed by atoms with van der Waals surface area (Å²) in [5, 5.41) is 30.2. The molecule has 2 aromatic carbocycles. The number of aromatic hydroxyl groups is 1. The van der Waals surface area contributed by atoms with Gasteiger partial charge >= 0.3 is 11.7 Å². The first-order valence-corrected chi connectivity index (χ1v) is 25.8. The Labute approximate surface area is 365 Å². The molecular formula is C46H58N4O8S2Si. The van der Waals surface area contributed by atoms with Crippen molar-refractivity contribution < 1.29 is 28.6 Å². The zero-order chi connectivity index (χ0) is 43.5. The van der Waals surface area contributed by atoms with Gasteiger partial charge in [0.15, 0.2) is 13.9 Å². The van der Waals surface area contributed by atoms with Crippen molar-refractivity contribution in [3.8, 4) is 5.75 Å². The van der Waals surface area contributed by atoms with Crippen molar-refractivity contribution in [1.29, 1.82) is 0 Å². The topological polar surface area (TPSA) is 159 Å². The highest BCUT2D eigenvalue weighted by Crippen LogP contribution is 2.42. The van der Waals surface area contributed by atoms with Crippen molar-refractivity contribution in [3.05, 3.63) is 119 Å². The van der Waals surface area contributed by atoms with Gasteiger partial charge in [-0.25, -0.2) is 9.59 Å². The van der Waals surface area contributed by atoms with E-state index in [4.69, 9.17) is 13.6 Å². The van der Waals surface area contributed by atoms with Gasteiger partial charge in [0.1, 0.15) is 11.9 Å². The number of rotatable bonds is 17. The molecule has 4 heterocycles. The summed E-state index contributed by atoms with van der Waals surface area (Å²) in [6.07, 6.45) is 4.10. The van der Waals surface area contributed by atoms with E-state index >= 15 is 0 Å². The maximum absolute atomic E-state index is 13.5. The third kappa shape index (κ3) is 9.83. The molecule has 0 saturated heterocycles. The first kappa shape index (κ1) is 44.7. The van der Waals surface area contributed by atoms with Crippen molar-refractivity contribution in [3.63, 3.8) is 0 Å². The number of phenolic OH excluding ortho intramolecular Hbond substituents is 1. The number of phenols is 1. The Hall–Kier alpha value is -4.35. The monoisotopic (exact) mass is 886 g/mol. The van der Waals surface area contributed by atoms with E-state index in [0.717, 1.165) is 60.7 Å². The van der Waals surface area contributed by atoms with E-state index < -0.39 is 19.9 Å². The van der Waals surface area contributed by atoms with Gasteiger partial charge in [0, 0.05) is 30.6 Å². The third-order valence-corrected chi connectivity index (χ3v) is 19.1. The van der Waals surface area contributed by atoms with E-state index in [9.17, 15) is 24.6 Å². The minimum Gasteiger partial charge on any atom is -0.506 e. The van der Waals surface area contributed by atoms with Crippen LogP contribution in [0.25, 0.3) is 22.0 Å². The van der Waals surface area contributed by atoms with Crippen molar-refractivity contribution in [2.45, 2.75) is 108 Å². The zero-order valence-corrected chi connectivity index (χ0v) is 38.5. The molecule has 0 amide bonds. The lowest BCUT2D eigenvalue weighted by Crippen LogP contribution is -2.43. The Morgan fingerprint density at radius 2 is 1.72 bits per heavy atom. The van der Waals surface area contributed by atoms with Crippen LogP contribution < -0.4 is 16.6 Å². The molecule has 1 aliphatic rings. The molecule has 4 aromatic heterocycles. The van der Waals surface area contributed by atoms with E-state index in [1.165, 1.54) is 28.7 Å². The smallest absolute Gasteiger partial charge is 0.419 e. The number of thiophene rings is 2. The Morgan fingerprint density at radius 3 is 2.38 bits per heavy atom. The fourth-order valence-corrected chi connectivity index (χ4v) is 11.0. The number of nitrogens with one attached hydrogen (secondary N) is 2. The fourth-order valence-electron chi connectivity index (χ4n) is 8.02. The number of H-pyrrole nitrogens is 1. The number of hydrogen-bond donors (Lipinski definition) is 4. The SMILES string of the molecule is CN(CCCn1c(=O)oc2cc(CCNC[C@H](O[Si](C)(C)C(C)(C)C)c3ccc(O)c4[nH]c(=O)ccc34)ccc21)[C@H]1CC[C@H](OC(=O)C(O)(c2cccs2)c2cccs2)CC1. The Morgan fingerprint density at radius 1 is 1.02 bits per heavy atom. The molecule has 0 bridgehead atoms. The van der Waals surface area contributed by atoms with Gasteiger partial charge < -0.3 is 39.0 Å². The molecule has 15 heteroatoms. The van der Waals surface area contributed by atoms with Crippen LogP contribution in [0.5, 0.6) is 5.75 Å². The lowest BCUT2D eigenvalue weighted by atomic mass is 9.91. The maximum Gasteiger partial charge on any atom is 0.419 e. The van der Waals surface area contributed by atoms with E-state index in [0.29, 0.717) is 53.0 Å². The van der Waals surface area contributed by atoms with E-state index in [-0.39, 0.29) is 34.3 Å². The molecule has 0 aliphatic heterocycles. The predicted molar refractivity (Wildman–Crippen MR) is 245 cm³/mol. The van der Waals surface area contributed by atoms with Gasteiger partial charge in [0.2, 0.25) is 11.2 Å². The second-order valence-electron chi connectivity index (χ2n) is 17.8. The van der Waals surface area contributed by atoms with Gasteiger partial charge in [0.25, 0.3) is 0 Å². The number of esters is 1. The number of aliphatic hydroxyl groups is 1. The van der Waals surface area contributed by atoms with E-state index in [1.807, 2.05) is 47.2 Å². The van der Waals surface area contributed by atoms with Gasteiger partial charge in [-0.15, -0.1) is 22.7 Å². The summed E-state index contributed by atoms with van der Waals surface area (Å²) in [7, 11) is -0.109. The number of oxazole rings is 1. The molecule has 1 aliphatic carbocycles. The number of carbonyl (C=O) groups excluding carboxylic acids is 1. The van der Waals surface area contributed by atoms with Crippen LogP contribution >= 0.6 is 22.7 Å². The normalized spacial score (nSPS) is 17.0. The standard InChI is InChI=1S/C46H58N4O8S2Si/c1-45(2,3)61(5,6)58-38(33-17-20-36(51)42-34(33)18-21-41(52)48-42)29-47-23-22-30-12-19-35-37(28-30)57-44(54)50(35)25-9-24-49(4)31-13-15-32(16-14-31)56-43(53)46(55,39-10-7-26-59-39)40-11-8-27-60-40/h7-8,10-12,17-21,26-28,31-32,38,47,51,55H,9,13-16,22-25,29H2,1-6H3,(H,48,52)/t31-,32-,38-/m0/s1. The van der Waals surface area contributed by atoms with E-state index in [1.54, 1.807) is 28.8 Å². The first-order valence-electron chi connectivity index (χ1n) is 21.1. The van der Waals surface area contributed by atoms with Crippen molar-refractivity contribution in [2.75, 3.05) is 26.7 Å². The zero-order valence-electron chi connectivity index (χ0n) is 35.9. The summed E-state index contributed by atoms with van der Waals surface area (Å²) < 4.78 is 20.3. The number of nitrogens with zero attached hydrogens (tertiary/aromatic N) is 2. The van der Waals surface area contributed by atoms with Crippen LogP contribution in [0.4, 0.5) is 0 Å². The summed E-state index contributed by atoms with van der Waals surface area (Å²) in [6, 6.07) is 20.2. The minimum atomic E-state index is -2.22. The average molecular weight is 887 g/mol. The maximum atomic E-state index is 13.5. The summed E-state index contributed by atoms with van der Waals surface area (Å²) in [5.41, 5.74) is 1.61. The number of carbonyl (C=O) groups is 1. The van der Waals surface area contributed by atoms with Crippen LogP contribution in [-0.4, -0.2) is 77.8 Å². The number of aromatic amines is 1. The summed E-state index contributed by atoms with van der Waals surface area (Å²) in [5.74, 6) is -0.965. The Kier molecular flexibility index (Phi) is 13.6. The van der Waals surface area contributed by atoms with Crippen LogP contribution in [0.2, 0.25) is 18.1 Å². The molecule has 326 valence electrons. The van der Waals surface area contributed by atoms with Gasteiger partial charge in [0.05, 0.1) is 26.9 Å². The molecule has 6 aromatic rings. The fraction of sp³-hybridized carbons (Fsp3) is 0.457. The number of ether oxygens (including phenoxy) is 1. The molecule has 0 spiro atoms. The molecule has 0 unspecified atom stereocenters. The second-order valence-corrected chi connectivity index (χ2v) is 24.4. The van der Waals surface area contributed by atoms with Crippen molar-refractivity contribution >= 4 is 59.0 Å². The van der Waals surface area contributed by atoms with Gasteiger partial charge in [-0.2, -0.15) is 0 Å². The molecule has 1 atom stereocenters. The first-order chi connectivity index (χ1) is 29.0. The quantitative estimate of drug-likeness (QED) is 0.0399. The molecule has 7 rings (SSSR count). The Bertz CT molecular complexity index is 2500. The minimum absolute atomic E-state index is 0.0195. The van der Waals surface area contributed by atoms with Gasteiger partial charge in [-0.05, 0) is 135 Å². The van der Waals surface area contributed by atoms with Crippen LogP contribution in [0.15, 0.2) is 91.5 Å².